The van der Waals surface area contributed by atoms with Gasteiger partial charge in [-0.2, -0.15) is 0 Å². The molecule has 80 valence electrons. The zero-order chi connectivity index (χ0) is 10.8. The first-order chi connectivity index (χ1) is 7.18. The molecule has 0 aliphatic carbocycles. The van der Waals surface area contributed by atoms with Crippen LogP contribution in [0.2, 0.25) is 0 Å². The number of carboxylic acid groups (broad SMARTS) is 1. The molecule has 2 rings (SSSR count). The maximum atomic E-state index is 10.9. The van der Waals surface area contributed by atoms with Crippen molar-refractivity contribution in [2.45, 2.75) is 12.5 Å². The second-order valence-electron chi connectivity index (χ2n) is 4.01. The predicted molar refractivity (Wildman–Crippen MR) is 55.4 cm³/mol. The first-order valence-corrected chi connectivity index (χ1v) is 5.01. The summed E-state index contributed by atoms with van der Waals surface area (Å²) in [4.78, 5) is 16.9. The van der Waals surface area contributed by atoms with Crippen LogP contribution >= 0.6 is 0 Å². The lowest BCUT2D eigenvalue weighted by Crippen LogP contribution is -2.20. The van der Waals surface area contributed by atoms with Crippen LogP contribution in [0.25, 0.3) is 0 Å². The standard InChI is InChI=1S/C11H14N2O2/c1-13-7-9(11(14)15)6-10(13)8-2-4-12-5-3-8/h2-5,9-10H,6-7H2,1H3,(H,14,15)/t9-,10+/m0/s1. The number of likely N-dealkylation sites (tertiary alicyclic amines) is 1. The summed E-state index contributed by atoms with van der Waals surface area (Å²) in [5.41, 5.74) is 1.15. The molecule has 0 saturated carbocycles. The fraction of sp³-hybridized carbons (Fsp3) is 0.455. The Kier molecular flexibility index (Phi) is 2.68. The number of hydrogen-bond donors (Lipinski definition) is 1. The summed E-state index contributed by atoms with van der Waals surface area (Å²) in [5, 5.41) is 8.96. The van der Waals surface area contributed by atoms with Gasteiger partial charge in [-0.05, 0) is 31.2 Å². The molecule has 4 heteroatoms. The summed E-state index contributed by atoms with van der Waals surface area (Å²) in [6.07, 6.45) is 4.18. The van der Waals surface area contributed by atoms with E-state index in [1.165, 1.54) is 0 Å². The van der Waals surface area contributed by atoms with Crippen molar-refractivity contribution < 1.29 is 9.90 Å². The SMILES string of the molecule is CN1C[C@@H](C(=O)O)C[C@@H]1c1ccncc1. The summed E-state index contributed by atoms with van der Waals surface area (Å²) in [6.45, 7) is 0.627. The lowest BCUT2D eigenvalue weighted by Gasteiger charge is -2.18. The Morgan fingerprint density at radius 3 is 2.73 bits per heavy atom. The lowest BCUT2D eigenvalue weighted by molar-refractivity contribution is -0.141. The van der Waals surface area contributed by atoms with Crippen molar-refractivity contribution in [3.05, 3.63) is 30.1 Å². The van der Waals surface area contributed by atoms with Gasteiger partial charge in [0.1, 0.15) is 0 Å². The van der Waals surface area contributed by atoms with Gasteiger partial charge in [0, 0.05) is 25.0 Å². The minimum absolute atomic E-state index is 0.217. The first-order valence-electron chi connectivity index (χ1n) is 5.01. The quantitative estimate of drug-likeness (QED) is 0.789. The summed E-state index contributed by atoms with van der Waals surface area (Å²) in [5.74, 6) is -0.938. The van der Waals surface area contributed by atoms with Crippen molar-refractivity contribution in [1.82, 2.24) is 9.88 Å². The van der Waals surface area contributed by atoms with Crippen LogP contribution in [-0.2, 0) is 4.79 Å². The highest BCUT2D eigenvalue weighted by Crippen LogP contribution is 2.33. The Hall–Kier alpha value is -1.42. The topological polar surface area (TPSA) is 53.4 Å². The van der Waals surface area contributed by atoms with Crippen molar-refractivity contribution in [1.29, 1.82) is 0 Å². The first kappa shape index (κ1) is 10.1. The van der Waals surface area contributed by atoms with E-state index in [2.05, 4.69) is 9.88 Å². The minimum Gasteiger partial charge on any atom is -0.481 e. The summed E-state index contributed by atoms with van der Waals surface area (Å²) >= 11 is 0. The van der Waals surface area contributed by atoms with E-state index in [0.717, 1.165) is 5.56 Å². The van der Waals surface area contributed by atoms with Gasteiger partial charge in [-0.15, -0.1) is 0 Å². The summed E-state index contributed by atoms with van der Waals surface area (Å²) in [6, 6.07) is 4.12. The summed E-state index contributed by atoms with van der Waals surface area (Å²) < 4.78 is 0. The maximum absolute atomic E-state index is 10.9. The Labute approximate surface area is 88.6 Å². The molecule has 2 heterocycles. The number of hydrogen-bond acceptors (Lipinski definition) is 3. The van der Waals surface area contributed by atoms with E-state index in [4.69, 9.17) is 5.11 Å². The molecule has 0 amide bonds. The van der Waals surface area contributed by atoms with Gasteiger partial charge in [-0.25, -0.2) is 0 Å². The number of pyridine rings is 1. The van der Waals surface area contributed by atoms with Gasteiger partial charge in [0.05, 0.1) is 5.92 Å². The van der Waals surface area contributed by atoms with Gasteiger partial charge in [0.2, 0.25) is 0 Å². The van der Waals surface area contributed by atoms with Crippen LogP contribution in [0.3, 0.4) is 0 Å². The molecule has 0 spiro atoms. The monoisotopic (exact) mass is 206 g/mol. The number of aromatic nitrogens is 1. The van der Waals surface area contributed by atoms with E-state index >= 15 is 0 Å². The van der Waals surface area contributed by atoms with Crippen molar-refractivity contribution in [3.8, 4) is 0 Å². The van der Waals surface area contributed by atoms with E-state index in [-0.39, 0.29) is 12.0 Å². The molecular formula is C11H14N2O2. The van der Waals surface area contributed by atoms with Crippen LogP contribution in [0, 0.1) is 5.92 Å². The van der Waals surface area contributed by atoms with Gasteiger partial charge >= 0.3 is 5.97 Å². The highest BCUT2D eigenvalue weighted by Gasteiger charge is 2.34. The largest absolute Gasteiger partial charge is 0.481 e. The van der Waals surface area contributed by atoms with E-state index in [0.29, 0.717) is 13.0 Å². The van der Waals surface area contributed by atoms with Crippen molar-refractivity contribution in [2.24, 2.45) is 5.92 Å². The average molecular weight is 206 g/mol. The van der Waals surface area contributed by atoms with Gasteiger partial charge in [0.25, 0.3) is 0 Å². The zero-order valence-corrected chi connectivity index (χ0v) is 8.63. The molecule has 0 aromatic carbocycles. The molecule has 1 aromatic rings. The second kappa shape index (κ2) is 3.98. The van der Waals surface area contributed by atoms with E-state index < -0.39 is 5.97 Å². The number of aliphatic carboxylic acids is 1. The minimum atomic E-state index is -0.696. The van der Waals surface area contributed by atoms with Crippen LogP contribution in [0.15, 0.2) is 24.5 Å². The van der Waals surface area contributed by atoms with E-state index in [9.17, 15) is 4.79 Å². The molecular weight excluding hydrogens is 192 g/mol. The summed E-state index contributed by atoms with van der Waals surface area (Å²) in [7, 11) is 1.97. The third-order valence-corrected chi connectivity index (χ3v) is 2.99. The molecule has 0 unspecified atom stereocenters. The number of rotatable bonds is 2. The van der Waals surface area contributed by atoms with Crippen LogP contribution in [-0.4, -0.2) is 34.6 Å². The van der Waals surface area contributed by atoms with Crippen LogP contribution in [0.1, 0.15) is 18.0 Å². The number of carboxylic acids is 1. The zero-order valence-electron chi connectivity index (χ0n) is 8.63. The average Bonchev–Trinajstić information content (AvgIpc) is 2.62. The van der Waals surface area contributed by atoms with Gasteiger partial charge in [0.15, 0.2) is 0 Å². The van der Waals surface area contributed by atoms with Gasteiger partial charge < -0.3 is 5.11 Å². The van der Waals surface area contributed by atoms with E-state index in [1.807, 2.05) is 19.2 Å². The third-order valence-electron chi connectivity index (χ3n) is 2.99. The number of carbonyl (C=O) groups is 1. The molecule has 15 heavy (non-hydrogen) atoms. The highest BCUT2D eigenvalue weighted by atomic mass is 16.4. The molecule has 0 bridgehead atoms. The van der Waals surface area contributed by atoms with Crippen LogP contribution < -0.4 is 0 Å². The van der Waals surface area contributed by atoms with Crippen molar-refractivity contribution in [3.63, 3.8) is 0 Å². The third kappa shape index (κ3) is 1.99. The van der Waals surface area contributed by atoms with Crippen LogP contribution in [0.5, 0.6) is 0 Å². The smallest absolute Gasteiger partial charge is 0.307 e. The number of nitrogens with zero attached hydrogens (tertiary/aromatic N) is 2. The lowest BCUT2D eigenvalue weighted by atomic mass is 10.0. The van der Waals surface area contributed by atoms with Crippen molar-refractivity contribution >= 4 is 5.97 Å². The molecule has 1 aliphatic heterocycles. The molecule has 1 fully saturated rings. The Balaban J connectivity index is 2.15. The maximum Gasteiger partial charge on any atom is 0.307 e. The second-order valence-corrected chi connectivity index (χ2v) is 4.01. The Morgan fingerprint density at radius 2 is 2.20 bits per heavy atom. The fourth-order valence-electron chi connectivity index (χ4n) is 2.15. The molecule has 1 aromatic heterocycles. The van der Waals surface area contributed by atoms with Crippen molar-refractivity contribution in [2.75, 3.05) is 13.6 Å². The molecule has 1 N–H and O–H groups in total. The van der Waals surface area contributed by atoms with Gasteiger partial charge in [-0.3, -0.25) is 14.7 Å². The fourth-order valence-corrected chi connectivity index (χ4v) is 2.15. The molecule has 1 aliphatic rings. The highest BCUT2D eigenvalue weighted by molar-refractivity contribution is 5.70. The Morgan fingerprint density at radius 1 is 1.53 bits per heavy atom. The normalized spacial score (nSPS) is 26.7. The molecule has 1 saturated heterocycles. The molecule has 4 nitrogen and oxygen atoms in total. The molecule has 0 radical (unpaired) electrons. The molecule has 2 atom stereocenters. The van der Waals surface area contributed by atoms with Crippen LogP contribution in [0.4, 0.5) is 0 Å². The predicted octanol–water partition coefficient (Wildman–Crippen LogP) is 1.16. The van der Waals surface area contributed by atoms with Gasteiger partial charge in [-0.1, -0.05) is 0 Å². The Bertz CT molecular complexity index is 353. The van der Waals surface area contributed by atoms with E-state index in [1.54, 1.807) is 12.4 Å².